The molecule has 516 valence electrons. The summed E-state index contributed by atoms with van der Waals surface area (Å²) >= 11 is 1.51. The summed E-state index contributed by atoms with van der Waals surface area (Å²) in [5, 5.41) is 38.8. The van der Waals surface area contributed by atoms with E-state index in [9.17, 15) is 61.9 Å². The third kappa shape index (κ3) is 22.4. The van der Waals surface area contributed by atoms with E-state index in [4.69, 9.17) is 38.3 Å². The molecule has 3 amide bonds. The number of methoxy groups -OCH3 is 1. The molecule has 0 bridgehead atoms. The molecular formula is C62H86N10O20S2. The Morgan fingerprint density at radius 3 is 1.82 bits per heavy atom. The molecule has 1 aliphatic carbocycles. The number of fused-ring (bicyclic) bond motifs is 3. The van der Waals surface area contributed by atoms with Crippen molar-refractivity contribution in [3.05, 3.63) is 59.4 Å². The van der Waals surface area contributed by atoms with Crippen LogP contribution in [0.4, 0.5) is 0 Å². The summed E-state index contributed by atoms with van der Waals surface area (Å²) < 4.78 is 76.1. The van der Waals surface area contributed by atoms with Gasteiger partial charge in [-0.2, -0.15) is 13.5 Å². The number of nitrogens with one attached hydrogen (secondary N) is 1. The number of ether oxygens (including phenoxy) is 7. The number of carboxylic acids is 3. The summed E-state index contributed by atoms with van der Waals surface area (Å²) in [5.74, 6) is -4.82. The van der Waals surface area contributed by atoms with Gasteiger partial charge in [-0.3, -0.25) is 62.7 Å². The van der Waals surface area contributed by atoms with Gasteiger partial charge >= 0.3 is 17.9 Å². The van der Waals surface area contributed by atoms with E-state index in [1.54, 1.807) is 44.0 Å². The number of nitrogens with zero attached hydrogens (tertiary/aromatic N) is 9. The van der Waals surface area contributed by atoms with Crippen LogP contribution in [0.15, 0.2) is 48.1 Å². The van der Waals surface area contributed by atoms with E-state index >= 15 is 0 Å². The lowest BCUT2D eigenvalue weighted by molar-refractivity contribution is -0.140. The van der Waals surface area contributed by atoms with Crippen LogP contribution in [0, 0.1) is 11.8 Å². The Morgan fingerprint density at radius 2 is 1.27 bits per heavy atom. The molecule has 4 aromatic rings. The number of thiophene rings is 1. The average molecular weight is 1360 g/mol. The van der Waals surface area contributed by atoms with Crippen molar-refractivity contribution in [1.82, 2.24) is 49.5 Å². The number of rotatable bonds is 35. The summed E-state index contributed by atoms with van der Waals surface area (Å²) in [6.45, 7) is 4.70. The molecular weight excluding hydrogens is 1270 g/mol. The molecule has 8 rings (SSSR count). The zero-order valence-electron chi connectivity index (χ0n) is 53.0. The second kappa shape index (κ2) is 36.6. The van der Waals surface area contributed by atoms with Crippen LogP contribution in [0.2, 0.25) is 0 Å². The maximum atomic E-state index is 14.4. The number of amides is 3. The van der Waals surface area contributed by atoms with Crippen LogP contribution < -0.4 is 19.5 Å². The quantitative estimate of drug-likeness (QED) is 0.0324. The first-order valence-corrected chi connectivity index (χ1v) is 34.1. The minimum Gasteiger partial charge on any atom is -0.496 e. The van der Waals surface area contributed by atoms with Gasteiger partial charge in [0.1, 0.15) is 41.2 Å². The summed E-state index contributed by atoms with van der Waals surface area (Å²) in [6.07, 6.45) is 6.52. The van der Waals surface area contributed by atoms with Crippen molar-refractivity contribution in [2.45, 2.75) is 45.1 Å². The number of hydrogen-bond donors (Lipinski definition) is 5. The topological polar surface area (TPSA) is 361 Å². The number of Topliss-reactive ketones (excluding diaryl/α,β-unsaturated/α-hetero) is 1. The Morgan fingerprint density at radius 1 is 0.691 bits per heavy atom. The molecule has 32 heteroatoms. The molecule has 4 aliphatic rings. The largest absolute Gasteiger partial charge is 0.496 e. The summed E-state index contributed by atoms with van der Waals surface area (Å²) in [6, 6.07) is 9.55. The van der Waals surface area contributed by atoms with Crippen molar-refractivity contribution >= 4 is 62.9 Å². The van der Waals surface area contributed by atoms with Crippen molar-refractivity contribution in [1.29, 1.82) is 0 Å². The Balaban J connectivity index is 0.712. The highest BCUT2D eigenvalue weighted by molar-refractivity contribution is 7.85. The van der Waals surface area contributed by atoms with E-state index in [-0.39, 0.29) is 174 Å². The van der Waals surface area contributed by atoms with Gasteiger partial charge in [0.25, 0.3) is 16.0 Å². The lowest BCUT2D eigenvalue weighted by Gasteiger charge is -2.32. The number of carbonyl (C=O) groups is 7. The molecule has 0 radical (unpaired) electrons. The first-order valence-electron chi connectivity index (χ1n) is 31.6. The fraction of sp³-hybridized carbons (Fsp3) is 0.597. The molecule has 0 unspecified atom stereocenters. The monoisotopic (exact) mass is 1350 g/mol. The Bertz CT molecular complexity index is 3270. The molecule has 94 heavy (non-hydrogen) atoms. The third-order valence-corrected chi connectivity index (χ3v) is 18.2. The van der Waals surface area contributed by atoms with E-state index in [2.05, 4.69) is 10.3 Å². The van der Waals surface area contributed by atoms with E-state index < -0.39 is 45.6 Å². The Labute approximate surface area is 549 Å². The van der Waals surface area contributed by atoms with Gasteiger partial charge in [-0.05, 0) is 55.3 Å². The number of carbonyl (C=O) groups excluding carboxylic acids is 4. The van der Waals surface area contributed by atoms with Crippen molar-refractivity contribution in [3.8, 4) is 44.6 Å². The van der Waals surface area contributed by atoms with E-state index in [0.29, 0.717) is 74.3 Å². The predicted molar refractivity (Wildman–Crippen MR) is 340 cm³/mol. The predicted octanol–water partition coefficient (Wildman–Crippen LogP) is 1.93. The number of ketones is 1. The minimum absolute atomic E-state index is 0.000976. The zero-order chi connectivity index (χ0) is 67.0. The van der Waals surface area contributed by atoms with Crippen LogP contribution in [0.1, 0.15) is 54.6 Å². The van der Waals surface area contributed by atoms with Crippen molar-refractivity contribution < 1.29 is 95.0 Å². The van der Waals surface area contributed by atoms with Gasteiger partial charge in [0.15, 0.2) is 5.69 Å². The highest BCUT2D eigenvalue weighted by Gasteiger charge is 2.36. The molecule has 1 atom stereocenters. The standard InChI is InChI=1S/C62H86N10O20S2/c1-86-52-35-53-50(59-51(42-92-53)58(65-72(59)54-7-3-32-93-54)62(82)71-12-4-11-70(21-22-71)61(81)44-5-2-6-44)34-49(52)46-33-48(37-63-36-46)91-31-30-90-29-28-89-27-26-88-25-24-87-23-10-64-60(80)45(43-94(83,84)85)8-9-47(73)38-66-13-15-67(39-55(74)75)17-19-69(41-57(78)79)20-18-68(16-14-66)40-56(76)77/h3,7,32-37,44-45H,2,4-6,8-31,38-43H2,1H3,(H,64,80)(H,74,75)(H,76,77)(H,78,79)(H,83,84,85)/t45-/m0/s1. The SMILES string of the molecule is COc1cc2c(cc1-c1cncc(OCCOCCOCCOCCOCCNC(=O)[C@@H](CCC(=O)CN3CCN(CC(=O)O)CCN(CC(=O)O)CCN(CC(=O)O)CC3)CS(=O)(=O)O)c1)-c1c(c(C(=O)N3CCCN(C(=O)C4CCC4)CC3)nn1-c1cccs1)CO2. The van der Waals surface area contributed by atoms with Gasteiger partial charge in [0.05, 0.1) is 110 Å². The summed E-state index contributed by atoms with van der Waals surface area (Å²) in [5.41, 5.74) is 3.91. The van der Waals surface area contributed by atoms with Gasteiger partial charge in [-0.1, -0.05) is 6.42 Å². The second-order valence-corrected chi connectivity index (χ2v) is 25.7. The maximum Gasteiger partial charge on any atom is 0.317 e. The minimum atomic E-state index is -4.62. The fourth-order valence-corrected chi connectivity index (χ4v) is 12.9. The summed E-state index contributed by atoms with van der Waals surface area (Å²) in [7, 11) is -3.04. The number of aliphatic carboxylic acids is 3. The van der Waals surface area contributed by atoms with Crippen LogP contribution >= 0.6 is 11.3 Å². The molecule has 3 fully saturated rings. The first-order chi connectivity index (χ1) is 45.3. The number of carboxylic acid groups (broad SMARTS) is 3. The van der Waals surface area contributed by atoms with Crippen LogP contribution in [-0.4, -0.2) is 297 Å². The third-order valence-electron chi connectivity index (χ3n) is 16.5. The average Bonchev–Trinajstić information content (AvgIpc) is 1.55. The smallest absolute Gasteiger partial charge is 0.317 e. The van der Waals surface area contributed by atoms with Crippen LogP contribution in [0.5, 0.6) is 17.2 Å². The molecule has 1 aromatic carbocycles. The van der Waals surface area contributed by atoms with Crippen LogP contribution in [0.3, 0.4) is 0 Å². The molecule has 3 aromatic heterocycles. The molecule has 6 heterocycles. The fourth-order valence-electron chi connectivity index (χ4n) is 11.4. The van der Waals surface area contributed by atoms with Crippen molar-refractivity contribution in [2.24, 2.45) is 11.8 Å². The van der Waals surface area contributed by atoms with Crippen molar-refractivity contribution in [2.75, 3.05) is 184 Å². The van der Waals surface area contributed by atoms with Gasteiger partial charge in [-0.25, -0.2) is 4.68 Å². The molecule has 5 N–H and O–H groups in total. The lowest BCUT2D eigenvalue weighted by Crippen LogP contribution is -2.49. The molecule has 1 saturated carbocycles. The zero-order valence-corrected chi connectivity index (χ0v) is 54.6. The van der Waals surface area contributed by atoms with E-state index in [1.165, 1.54) is 11.3 Å². The lowest BCUT2D eigenvalue weighted by atomic mass is 9.84. The second-order valence-electron chi connectivity index (χ2n) is 23.3. The first kappa shape index (κ1) is 72.6. The van der Waals surface area contributed by atoms with Crippen LogP contribution in [0.25, 0.3) is 27.4 Å². The number of pyridine rings is 1. The number of aromatic nitrogens is 3. The van der Waals surface area contributed by atoms with Gasteiger partial charge in [0, 0.05) is 132 Å². The van der Waals surface area contributed by atoms with E-state index in [0.717, 1.165) is 46.6 Å². The maximum absolute atomic E-state index is 14.4. The molecule has 30 nitrogen and oxygen atoms in total. The molecule has 2 saturated heterocycles. The van der Waals surface area contributed by atoms with Gasteiger partial charge in [0.2, 0.25) is 11.8 Å². The molecule has 3 aliphatic heterocycles. The van der Waals surface area contributed by atoms with E-state index in [1.807, 2.05) is 45.3 Å². The molecule has 0 spiro atoms. The highest BCUT2D eigenvalue weighted by atomic mass is 32.2. The van der Waals surface area contributed by atoms with Gasteiger partial charge in [-0.15, -0.1) is 11.3 Å². The number of benzene rings is 1. The normalized spacial score (nSPS) is 16.9. The summed E-state index contributed by atoms with van der Waals surface area (Å²) in [4.78, 5) is 104. The number of hydrogen-bond acceptors (Lipinski definition) is 23. The van der Waals surface area contributed by atoms with Gasteiger partial charge < -0.3 is 63.6 Å². The highest BCUT2D eigenvalue weighted by Crippen LogP contribution is 2.47. The van der Waals surface area contributed by atoms with Crippen molar-refractivity contribution in [3.63, 3.8) is 0 Å². The van der Waals surface area contributed by atoms with Crippen LogP contribution in [-0.2, 0) is 64.4 Å². The Kier molecular flexibility index (Phi) is 28.3. The Hall–Kier alpha value is -7.24.